The summed E-state index contributed by atoms with van der Waals surface area (Å²) in [6.45, 7) is -0.865. The number of aryl methyl sites for hydroxylation is 2. The minimum Gasteiger partial charge on any atom is -0.454 e. The molecule has 28 heavy (non-hydrogen) atoms. The number of carbonyl (C=O) groups is 4. The Bertz CT molecular complexity index is 810. The first-order valence-corrected chi connectivity index (χ1v) is 9.95. The molecule has 0 unspecified atom stereocenters. The summed E-state index contributed by atoms with van der Waals surface area (Å²) in [7, 11) is 0. The smallest absolute Gasteiger partial charge is 0.326 e. The maximum absolute atomic E-state index is 12.4. The van der Waals surface area contributed by atoms with Crippen molar-refractivity contribution in [3.05, 3.63) is 29.3 Å². The standard InChI is InChI=1S/C21H24N2O5/c24-18(22-15-9-8-13-4-3-5-14(13)10-15)12-28-19(25)11-23-20(26)16-6-1-2-7-17(16)21(23)27/h8-10,16-17H,1-7,11-12H2,(H,22,24)/t16-,17+. The molecule has 2 fully saturated rings. The van der Waals surface area contributed by atoms with Crippen molar-refractivity contribution in [3.63, 3.8) is 0 Å². The number of nitrogens with one attached hydrogen (secondary N) is 1. The second-order valence-corrected chi connectivity index (χ2v) is 7.81. The molecule has 1 aromatic rings. The molecule has 3 aliphatic rings. The van der Waals surface area contributed by atoms with Gasteiger partial charge < -0.3 is 10.1 Å². The molecule has 2 aliphatic carbocycles. The number of nitrogens with zero attached hydrogens (tertiary/aromatic N) is 1. The zero-order chi connectivity index (χ0) is 19.7. The number of hydrogen-bond donors (Lipinski definition) is 1. The Kier molecular flexibility index (Phi) is 5.15. The molecule has 1 saturated heterocycles. The molecular weight excluding hydrogens is 360 g/mol. The van der Waals surface area contributed by atoms with Crippen LogP contribution < -0.4 is 5.32 Å². The van der Waals surface area contributed by atoms with Crippen molar-refractivity contribution in [1.82, 2.24) is 4.90 Å². The lowest BCUT2D eigenvalue weighted by atomic mass is 9.81. The summed E-state index contributed by atoms with van der Waals surface area (Å²) < 4.78 is 4.98. The van der Waals surface area contributed by atoms with Crippen LogP contribution in [0.2, 0.25) is 0 Å². The number of hydrogen-bond acceptors (Lipinski definition) is 5. The highest BCUT2D eigenvalue weighted by atomic mass is 16.5. The van der Waals surface area contributed by atoms with Crippen LogP contribution in [0.1, 0.15) is 43.2 Å². The Labute approximate surface area is 163 Å². The first-order valence-electron chi connectivity index (χ1n) is 9.95. The summed E-state index contributed by atoms with van der Waals surface area (Å²) in [4.78, 5) is 49.9. The quantitative estimate of drug-likeness (QED) is 0.618. The minimum absolute atomic E-state index is 0.283. The summed E-state index contributed by atoms with van der Waals surface area (Å²) >= 11 is 0. The van der Waals surface area contributed by atoms with Crippen LogP contribution in [-0.2, 0) is 36.8 Å². The maximum Gasteiger partial charge on any atom is 0.326 e. The third-order valence-electron chi connectivity index (χ3n) is 5.97. The average molecular weight is 384 g/mol. The van der Waals surface area contributed by atoms with Crippen molar-refractivity contribution >= 4 is 29.4 Å². The summed E-state index contributed by atoms with van der Waals surface area (Å²) in [5.74, 6) is -2.35. The van der Waals surface area contributed by atoms with Gasteiger partial charge >= 0.3 is 5.97 Å². The molecule has 148 valence electrons. The number of carbonyl (C=O) groups excluding carboxylic acids is 4. The summed E-state index contributed by atoms with van der Waals surface area (Å²) in [5.41, 5.74) is 3.22. The van der Waals surface area contributed by atoms with Crippen molar-refractivity contribution in [3.8, 4) is 0 Å². The van der Waals surface area contributed by atoms with Gasteiger partial charge in [-0.2, -0.15) is 0 Å². The largest absolute Gasteiger partial charge is 0.454 e. The third-order valence-corrected chi connectivity index (χ3v) is 5.97. The van der Waals surface area contributed by atoms with Gasteiger partial charge in [-0.15, -0.1) is 0 Å². The van der Waals surface area contributed by atoms with Crippen LogP contribution >= 0.6 is 0 Å². The topological polar surface area (TPSA) is 92.8 Å². The van der Waals surface area contributed by atoms with Crippen molar-refractivity contribution < 1.29 is 23.9 Å². The van der Waals surface area contributed by atoms with Gasteiger partial charge in [0.05, 0.1) is 11.8 Å². The fourth-order valence-corrected chi connectivity index (χ4v) is 4.55. The monoisotopic (exact) mass is 384 g/mol. The van der Waals surface area contributed by atoms with E-state index in [4.69, 9.17) is 4.74 Å². The Balaban J connectivity index is 1.27. The molecule has 0 aromatic heterocycles. The average Bonchev–Trinajstić information content (AvgIpc) is 3.25. The molecule has 0 bridgehead atoms. The van der Waals surface area contributed by atoms with Gasteiger partial charge in [-0.05, 0) is 55.4 Å². The van der Waals surface area contributed by atoms with E-state index in [-0.39, 0.29) is 23.7 Å². The van der Waals surface area contributed by atoms with Crippen LogP contribution in [-0.4, -0.2) is 41.7 Å². The normalized spacial score (nSPS) is 23.4. The lowest BCUT2D eigenvalue weighted by Crippen LogP contribution is -2.37. The van der Waals surface area contributed by atoms with Crippen LogP contribution in [0.5, 0.6) is 0 Å². The van der Waals surface area contributed by atoms with E-state index in [0.717, 1.165) is 37.0 Å². The number of amides is 3. The second kappa shape index (κ2) is 7.73. The van der Waals surface area contributed by atoms with Gasteiger partial charge in [0.25, 0.3) is 5.91 Å². The number of fused-ring (bicyclic) bond motifs is 2. The minimum atomic E-state index is -0.746. The number of benzene rings is 1. The van der Waals surface area contributed by atoms with E-state index in [0.29, 0.717) is 18.5 Å². The summed E-state index contributed by atoms with van der Waals surface area (Å²) in [6, 6.07) is 5.80. The Morgan fingerprint density at radius 2 is 1.68 bits per heavy atom. The summed E-state index contributed by atoms with van der Waals surface area (Å²) in [6.07, 6.45) is 6.46. The van der Waals surface area contributed by atoms with Crippen LogP contribution in [0.25, 0.3) is 0 Å². The van der Waals surface area contributed by atoms with Crippen molar-refractivity contribution in [1.29, 1.82) is 0 Å². The van der Waals surface area contributed by atoms with Gasteiger partial charge in [0.2, 0.25) is 11.8 Å². The lowest BCUT2D eigenvalue weighted by Gasteiger charge is -2.19. The van der Waals surface area contributed by atoms with E-state index in [1.54, 1.807) is 0 Å². The highest BCUT2D eigenvalue weighted by molar-refractivity contribution is 6.07. The SMILES string of the molecule is O=C(COC(=O)CN1C(=O)[C@H]2CCCC[C@H]2C1=O)Nc1ccc2c(c1)CCC2. The zero-order valence-corrected chi connectivity index (χ0v) is 15.7. The predicted octanol–water partition coefficient (Wildman–Crippen LogP) is 1.83. The molecule has 1 aliphatic heterocycles. The molecule has 1 heterocycles. The van der Waals surface area contributed by atoms with Gasteiger partial charge in [0.15, 0.2) is 6.61 Å². The molecule has 7 heteroatoms. The number of anilines is 1. The van der Waals surface area contributed by atoms with Crippen LogP contribution in [0, 0.1) is 11.8 Å². The fraction of sp³-hybridized carbons (Fsp3) is 0.524. The van der Waals surface area contributed by atoms with E-state index in [1.807, 2.05) is 18.2 Å². The Morgan fingerprint density at radius 1 is 1.00 bits per heavy atom. The van der Waals surface area contributed by atoms with Gasteiger partial charge in [-0.3, -0.25) is 24.1 Å². The second-order valence-electron chi connectivity index (χ2n) is 7.81. The van der Waals surface area contributed by atoms with Crippen molar-refractivity contribution in [2.75, 3.05) is 18.5 Å². The molecule has 1 N–H and O–H groups in total. The molecule has 0 radical (unpaired) electrons. The van der Waals surface area contributed by atoms with E-state index >= 15 is 0 Å². The number of likely N-dealkylation sites (tertiary alicyclic amines) is 1. The molecular formula is C21H24N2O5. The number of imide groups is 1. The molecule has 1 saturated carbocycles. The highest BCUT2D eigenvalue weighted by Crippen LogP contribution is 2.37. The zero-order valence-electron chi connectivity index (χ0n) is 15.7. The van der Waals surface area contributed by atoms with Crippen LogP contribution in [0.4, 0.5) is 5.69 Å². The fourth-order valence-electron chi connectivity index (χ4n) is 4.55. The van der Waals surface area contributed by atoms with Crippen molar-refractivity contribution in [2.24, 2.45) is 11.8 Å². The summed E-state index contributed by atoms with van der Waals surface area (Å²) in [5, 5.41) is 2.72. The third kappa shape index (κ3) is 3.66. The predicted molar refractivity (Wildman–Crippen MR) is 100 cm³/mol. The first-order chi connectivity index (χ1) is 13.5. The van der Waals surface area contributed by atoms with Gasteiger partial charge in [-0.25, -0.2) is 0 Å². The number of esters is 1. The number of ether oxygens (including phenoxy) is 1. The molecule has 7 nitrogen and oxygen atoms in total. The Morgan fingerprint density at radius 3 is 2.39 bits per heavy atom. The molecule has 0 spiro atoms. The van der Waals surface area contributed by atoms with Crippen LogP contribution in [0.3, 0.4) is 0 Å². The lowest BCUT2D eigenvalue weighted by molar-refractivity contribution is -0.154. The molecule has 3 amide bonds. The molecule has 4 rings (SSSR count). The Hall–Kier alpha value is -2.70. The van der Waals surface area contributed by atoms with Gasteiger partial charge in [0, 0.05) is 5.69 Å². The van der Waals surface area contributed by atoms with Gasteiger partial charge in [-0.1, -0.05) is 18.9 Å². The first kappa shape index (κ1) is 18.7. The number of rotatable bonds is 5. The van der Waals surface area contributed by atoms with Crippen molar-refractivity contribution in [2.45, 2.75) is 44.9 Å². The van der Waals surface area contributed by atoms with Gasteiger partial charge in [0.1, 0.15) is 6.54 Å². The van der Waals surface area contributed by atoms with E-state index in [9.17, 15) is 19.2 Å². The molecule has 2 atom stereocenters. The van der Waals surface area contributed by atoms with E-state index in [1.165, 1.54) is 11.1 Å². The maximum atomic E-state index is 12.4. The molecule has 1 aromatic carbocycles. The van der Waals surface area contributed by atoms with Crippen LogP contribution in [0.15, 0.2) is 18.2 Å². The van der Waals surface area contributed by atoms with E-state index in [2.05, 4.69) is 5.32 Å². The highest BCUT2D eigenvalue weighted by Gasteiger charge is 2.48. The van der Waals surface area contributed by atoms with E-state index < -0.39 is 25.0 Å².